The third-order valence-electron chi connectivity index (χ3n) is 3.42. The summed E-state index contributed by atoms with van der Waals surface area (Å²) in [6.45, 7) is 5.40. The fourth-order valence-corrected chi connectivity index (χ4v) is 2.42. The van der Waals surface area contributed by atoms with Crippen LogP contribution >= 0.6 is 0 Å². The van der Waals surface area contributed by atoms with E-state index in [-0.39, 0.29) is 5.92 Å². The lowest BCUT2D eigenvalue weighted by Gasteiger charge is -2.30. The summed E-state index contributed by atoms with van der Waals surface area (Å²) in [6.07, 6.45) is 2.52. The predicted molar refractivity (Wildman–Crippen MR) is 82.5 cm³/mol. The first-order chi connectivity index (χ1) is 9.94. The fourth-order valence-electron chi connectivity index (χ4n) is 2.42. The number of carboxylic acid groups (broad SMARTS) is 1. The standard InChI is InChI=1S/C17H19NO3/c1-4-7-13(17(2,3)21-16(19)20)15-11-10-12-8-5-6-9-14(12)18-15/h4-11,13H,1-3H3,(H,19,20)/b7-4-. The molecule has 21 heavy (non-hydrogen) atoms. The Morgan fingerprint density at radius 3 is 2.67 bits per heavy atom. The first-order valence-electron chi connectivity index (χ1n) is 6.84. The number of allylic oxidation sites excluding steroid dienone is 1. The molecule has 1 aromatic carbocycles. The summed E-state index contributed by atoms with van der Waals surface area (Å²) in [5.74, 6) is -0.247. The highest BCUT2D eigenvalue weighted by Crippen LogP contribution is 2.32. The van der Waals surface area contributed by atoms with Crippen LogP contribution in [0.5, 0.6) is 0 Å². The van der Waals surface area contributed by atoms with Crippen LogP contribution in [0.15, 0.2) is 48.6 Å². The summed E-state index contributed by atoms with van der Waals surface area (Å²) in [5, 5.41) is 9.97. The molecule has 1 heterocycles. The van der Waals surface area contributed by atoms with E-state index in [4.69, 9.17) is 9.84 Å². The highest BCUT2D eigenvalue weighted by molar-refractivity contribution is 5.78. The highest BCUT2D eigenvalue weighted by Gasteiger charge is 2.34. The Labute approximate surface area is 124 Å². The average molecular weight is 285 g/mol. The topological polar surface area (TPSA) is 59.4 Å². The van der Waals surface area contributed by atoms with Crippen molar-refractivity contribution in [2.45, 2.75) is 32.3 Å². The zero-order chi connectivity index (χ0) is 15.5. The van der Waals surface area contributed by atoms with Crippen LogP contribution in [0.25, 0.3) is 10.9 Å². The number of carbonyl (C=O) groups is 1. The molecule has 1 N–H and O–H groups in total. The molecule has 0 aliphatic heterocycles. The van der Waals surface area contributed by atoms with Crippen molar-refractivity contribution < 1.29 is 14.6 Å². The van der Waals surface area contributed by atoms with Crippen LogP contribution in [0.2, 0.25) is 0 Å². The molecule has 0 saturated heterocycles. The van der Waals surface area contributed by atoms with Gasteiger partial charge >= 0.3 is 6.16 Å². The molecule has 0 amide bonds. The SMILES string of the molecule is C/C=C\C(c1ccc2ccccc2n1)C(C)(C)OC(=O)O. The minimum absolute atomic E-state index is 0.247. The van der Waals surface area contributed by atoms with Gasteiger partial charge in [-0.1, -0.05) is 36.4 Å². The van der Waals surface area contributed by atoms with Gasteiger partial charge in [0.25, 0.3) is 0 Å². The Balaban J connectivity index is 2.47. The Morgan fingerprint density at radius 2 is 2.00 bits per heavy atom. The van der Waals surface area contributed by atoms with Crippen molar-refractivity contribution in [1.82, 2.24) is 4.98 Å². The van der Waals surface area contributed by atoms with Gasteiger partial charge in [-0.3, -0.25) is 4.98 Å². The minimum atomic E-state index is -1.28. The van der Waals surface area contributed by atoms with E-state index >= 15 is 0 Å². The second-order valence-electron chi connectivity index (χ2n) is 5.40. The molecule has 0 aliphatic carbocycles. The van der Waals surface area contributed by atoms with Crippen LogP contribution in [-0.4, -0.2) is 21.8 Å². The summed E-state index contributed by atoms with van der Waals surface area (Å²) in [7, 11) is 0. The van der Waals surface area contributed by atoms with Gasteiger partial charge in [0.2, 0.25) is 0 Å². The van der Waals surface area contributed by atoms with Gasteiger partial charge in [-0.05, 0) is 32.9 Å². The third kappa shape index (κ3) is 3.40. The van der Waals surface area contributed by atoms with Crippen molar-refractivity contribution in [1.29, 1.82) is 0 Å². The molecule has 2 rings (SSSR count). The number of hydrogen-bond acceptors (Lipinski definition) is 3. The van der Waals surface area contributed by atoms with Crippen LogP contribution in [-0.2, 0) is 4.74 Å². The lowest BCUT2D eigenvalue weighted by atomic mass is 9.87. The van der Waals surface area contributed by atoms with E-state index in [1.54, 1.807) is 13.8 Å². The number of rotatable bonds is 4. The van der Waals surface area contributed by atoms with Gasteiger partial charge < -0.3 is 9.84 Å². The maximum Gasteiger partial charge on any atom is 0.506 e. The zero-order valence-corrected chi connectivity index (χ0v) is 12.4. The van der Waals surface area contributed by atoms with Crippen LogP contribution < -0.4 is 0 Å². The number of aromatic nitrogens is 1. The Bertz CT molecular complexity index is 677. The largest absolute Gasteiger partial charge is 0.506 e. The summed E-state index contributed by atoms with van der Waals surface area (Å²) in [5.41, 5.74) is 0.780. The van der Waals surface area contributed by atoms with Crippen molar-refractivity contribution in [3.63, 3.8) is 0 Å². The second-order valence-corrected chi connectivity index (χ2v) is 5.40. The number of fused-ring (bicyclic) bond motifs is 1. The van der Waals surface area contributed by atoms with Crippen LogP contribution in [0.1, 0.15) is 32.4 Å². The van der Waals surface area contributed by atoms with Crippen LogP contribution in [0.3, 0.4) is 0 Å². The van der Waals surface area contributed by atoms with Gasteiger partial charge in [-0.2, -0.15) is 0 Å². The Hall–Kier alpha value is -2.36. The number of benzene rings is 1. The van der Waals surface area contributed by atoms with Crippen LogP contribution in [0.4, 0.5) is 4.79 Å². The molecule has 110 valence electrons. The number of hydrogen-bond donors (Lipinski definition) is 1. The number of nitrogens with zero attached hydrogens (tertiary/aromatic N) is 1. The predicted octanol–water partition coefficient (Wildman–Crippen LogP) is 4.37. The molecule has 0 saturated carbocycles. The van der Waals surface area contributed by atoms with E-state index in [1.807, 2.05) is 55.5 Å². The van der Waals surface area contributed by atoms with E-state index in [0.29, 0.717) is 0 Å². The van der Waals surface area contributed by atoms with Gasteiger partial charge in [-0.15, -0.1) is 0 Å². The summed E-state index contributed by atoms with van der Waals surface area (Å²) < 4.78 is 5.04. The molecular weight excluding hydrogens is 266 g/mol. The number of ether oxygens (including phenoxy) is 1. The minimum Gasteiger partial charge on any atom is -0.450 e. The Kier molecular flexibility index (Phi) is 4.26. The molecule has 1 atom stereocenters. The van der Waals surface area contributed by atoms with Crippen LogP contribution in [0, 0.1) is 0 Å². The van der Waals surface area contributed by atoms with E-state index < -0.39 is 11.8 Å². The fraction of sp³-hybridized carbons (Fsp3) is 0.294. The summed E-state index contributed by atoms with van der Waals surface area (Å²) in [4.78, 5) is 15.5. The van der Waals surface area contributed by atoms with Gasteiger partial charge in [0.05, 0.1) is 17.1 Å². The van der Waals surface area contributed by atoms with E-state index in [0.717, 1.165) is 16.6 Å². The maximum atomic E-state index is 10.9. The van der Waals surface area contributed by atoms with Gasteiger partial charge in [0.1, 0.15) is 5.60 Å². The zero-order valence-electron chi connectivity index (χ0n) is 12.4. The van der Waals surface area contributed by atoms with E-state index in [9.17, 15) is 4.79 Å². The molecule has 4 nitrogen and oxygen atoms in total. The maximum absolute atomic E-state index is 10.9. The summed E-state index contributed by atoms with van der Waals surface area (Å²) >= 11 is 0. The molecule has 0 radical (unpaired) electrons. The number of pyridine rings is 1. The molecule has 0 fully saturated rings. The number of para-hydroxylation sites is 1. The van der Waals surface area contributed by atoms with Crippen molar-refractivity contribution in [3.8, 4) is 0 Å². The first kappa shape index (κ1) is 15.0. The molecular formula is C17H19NO3. The lowest BCUT2D eigenvalue weighted by molar-refractivity contribution is -0.00498. The van der Waals surface area contributed by atoms with Crippen molar-refractivity contribution in [3.05, 3.63) is 54.2 Å². The van der Waals surface area contributed by atoms with Gasteiger partial charge in [0.15, 0.2) is 0 Å². The molecule has 0 bridgehead atoms. The highest BCUT2D eigenvalue weighted by atomic mass is 16.7. The van der Waals surface area contributed by atoms with Crippen molar-refractivity contribution >= 4 is 17.1 Å². The smallest absolute Gasteiger partial charge is 0.450 e. The van der Waals surface area contributed by atoms with E-state index in [2.05, 4.69) is 4.98 Å². The summed E-state index contributed by atoms with van der Waals surface area (Å²) in [6, 6.07) is 11.7. The first-order valence-corrected chi connectivity index (χ1v) is 6.84. The molecule has 0 aliphatic rings. The quantitative estimate of drug-likeness (QED) is 0.669. The van der Waals surface area contributed by atoms with E-state index in [1.165, 1.54) is 0 Å². The molecule has 1 aromatic heterocycles. The van der Waals surface area contributed by atoms with Crippen molar-refractivity contribution in [2.24, 2.45) is 0 Å². The molecule has 4 heteroatoms. The van der Waals surface area contributed by atoms with Gasteiger partial charge in [0, 0.05) is 5.39 Å². The van der Waals surface area contributed by atoms with Crippen molar-refractivity contribution in [2.75, 3.05) is 0 Å². The second kappa shape index (κ2) is 5.95. The average Bonchev–Trinajstić information content (AvgIpc) is 2.42. The Morgan fingerprint density at radius 1 is 1.29 bits per heavy atom. The normalized spacial score (nSPS) is 13.5. The molecule has 1 unspecified atom stereocenters. The molecule has 2 aromatic rings. The lowest BCUT2D eigenvalue weighted by Crippen LogP contribution is -2.34. The monoisotopic (exact) mass is 285 g/mol. The molecule has 0 spiro atoms. The van der Waals surface area contributed by atoms with Gasteiger partial charge in [-0.25, -0.2) is 4.79 Å². The third-order valence-corrected chi connectivity index (χ3v) is 3.42.